The summed E-state index contributed by atoms with van der Waals surface area (Å²) in [5, 5.41) is 3.96. The van der Waals surface area contributed by atoms with E-state index in [1.165, 1.54) is 4.90 Å². The summed E-state index contributed by atoms with van der Waals surface area (Å²) in [5.74, 6) is -2.19. The first-order valence-electron chi connectivity index (χ1n) is 9.96. The maximum atomic E-state index is 13.7. The molecule has 1 spiro atoms. The summed E-state index contributed by atoms with van der Waals surface area (Å²) in [6, 6.07) is 11.7. The number of carbonyl (C=O) groups is 3. The molecule has 4 aliphatic rings. The third kappa shape index (κ3) is 2.06. The lowest BCUT2D eigenvalue weighted by Gasteiger charge is -2.36. The van der Waals surface area contributed by atoms with E-state index in [1.54, 1.807) is 42.5 Å². The molecule has 30 heavy (non-hydrogen) atoms. The second kappa shape index (κ2) is 6.06. The molecule has 152 valence electrons. The molecule has 6 rings (SSSR count). The summed E-state index contributed by atoms with van der Waals surface area (Å²) in [7, 11) is 0. The molecule has 3 saturated heterocycles. The Bertz CT molecular complexity index is 1130. The van der Waals surface area contributed by atoms with Crippen LogP contribution in [0.4, 0.5) is 11.4 Å². The third-order valence-corrected chi connectivity index (χ3v) is 7.53. The molecule has 0 bridgehead atoms. The van der Waals surface area contributed by atoms with Gasteiger partial charge in [-0.05, 0) is 61.9 Å². The van der Waals surface area contributed by atoms with Gasteiger partial charge in [0, 0.05) is 27.3 Å². The van der Waals surface area contributed by atoms with Crippen LogP contribution in [0.3, 0.4) is 0 Å². The number of hydrogen-bond acceptors (Lipinski definition) is 4. The standard InChI is InChI=1S/C22H17Cl2N3O3/c23-11-3-6-13(7-4-11)27-19(28)17-16-2-1-9-26(16)22(18(17)20(27)29)14-10-12(24)5-8-15(14)25-21(22)30/h3-8,10,16-18H,1-2,9H2,(H,25,30)/t16-,17+,18-,22+/m0/s1. The van der Waals surface area contributed by atoms with Crippen LogP contribution in [0.1, 0.15) is 18.4 Å². The second-order valence-electron chi connectivity index (χ2n) is 8.31. The molecule has 0 unspecified atom stereocenters. The van der Waals surface area contributed by atoms with E-state index < -0.39 is 17.4 Å². The zero-order valence-electron chi connectivity index (χ0n) is 15.8. The second-order valence-corrected chi connectivity index (χ2v) is 9.18. The van der Waals surface area contributed by atoms with Crippen molar-refractivity contribution >= 4 is 52.3 Å². The van der Waals surface area contributed by atoms with Gasteiger partial charge in [0.1, 0.15) is 5.54 Å². The van der Waals surface area contributed by atoms with Crippen molar-refractivity contribution < 1.29 is 14.4 Å². The SMILES string of the molecule is O=C1[C@H]2[C@@H](C(=O)N1c1ccc(Cl)cc1)[C@]1(C(=O)Nc3ccc(Cl)cc31)N1CCC[C@@H]21. The highest BCUT2D eigenvalue weighted by Gasteiger charge is 2.74. The number of nitrogens with zero attached hydrogens (tertiary/aromatic N) is 2. The predicted octanol–water partition coefficient (Wildman–Crippen LogP) is 3.42. The molecule has 0 aliphatic carbocycles. The van der Waals surface area contributed by atoms with E-state index >= 15 is 0 Å². The summed E-state index contributed by atoms with van der Waals surface area (Å²) >= 11 is 12.3. The fourth-order valence-electron chi connectivity index (χ4n) is 6.02. The maximum Gasteiger partial charge on any atom is 0.250 e. The monoisotopic (exact) mass is 441 g/mol. The van der Waals surface area contributed by atoms with Crippen molar-refractivity contribution in [2.24, 2.45) is 11.8 Å². The van der Waals surface area contributed by atoms with Crippen LogP contribution in [0.5, 0.6) is 0 Å². The smallest absolute Gasteiger partial charge is 0.250 e. The van der Waals surface area contributed by atoms with Gasteiger partial charge in [-0.15, -0.1) is 0 Å². The first-order valence-corrected chi connectivity index (χ1v) is 10.7. The lowest BCUT2D eigenvalue weighted by atomic mass is 9.75. The number of fused-ring (bicyclic) bond motifs is 7. The quantitative estimate of drug-likeness (QED) is 0.688. The van der Waals surface area contributed by atoms with Crippen molar-refractivity contribution in [3.63, 3.8) is 0 Å². The Morgan fingerprint density at radius 2 is 1.70 bits per heavy atom. The van der Waals surface area contributed by atoms with E-state index in [2.05, 4.69) is 10.2 Å². The zero-order valence-corrected chi connectivity index (χ0v) is 17.3. The molecule has 8 heteroatoms. The first-order chi connectivity index (χ1) is 14.4. The fraction of sp³-hybridized carbons (Fsp3) is 0.318. The molecule has 4 atom stereocenters. The van der Waals surface area contributed by atoms with Gasteiger partial charge in [0.15, 0.2) is 0 Å². The molecule has 0 radical (unpaired) electrons. The average molecular weight is 442 g/mol. The van der Waals surface area contributed by atoms with Crippen molar-refractivity contribution in [3.05, 3.63) is 58.1 Å². The molecule has 3 amide bonds. The van der Waals surface area contributed by atoms with Gasteiger partial charge in [-0.2, -0.15) is 0 Å². The summed E-state index contributed by atoms with van der Waals surface area (Å²) in [6.07, 6.45) is 1.65. The van der Waals surface area contributed by atoms with Crippen LogP contribution in [0.25, 0.3) is 0 Å². The Kier molecular flexibility index (Phi) is 3.71. The van der Waals surface area contributed by atoms with E-state index in [1.807, 2.05) is 0 Å². The van der Waals surface area contributed by atoms with Crippen LogP contribution < -0.4 is 10.2 Å². The molecule has 2 aromatic rings. The van der Waals surface area contributed by atoms with E-state index in [4.69, 9.17) is 23.2 Å². The average Bonchev–Trinajstić information content (AvgIpc) is 3.42. The number of imide groups is 1. The minimum Gasteiger partial charge on any atom is -0.324 e. The number of nitrogens with one attached hydrogen (secondary N) is 1. The molecule has 2 aromatic carbocycles. The number of carbonyl (C=O) groups excluding carboxylic acids is 3. The maximum absolute atomic E-state index is 13.7. The molecule has 6 nitrogen and oxygen atoms in total. The third-order valence-electron chi connectivity index (χ3n) is 7.04. The molecule has 4 heterocycles. The van der Waals surface area contributed by atoms with Gasteiger partial charge in [-0.3, -0.25) is 19.3 Å². The van der Waals surface area contributed by atoms with Gasteiger partial charge in [0.2, 0.25) is 17.7 Å². The van der Waals surface area contributed by atoms with Crippen molar-refractivity contribution in [3.8, 4) is 0 Å². The van der Waals surface area contributed by atoms with E-state index in [-0.39, 0.29) is 23.8 Å². The summed E-state index contributed by atoms with van der Waals surface area (Å²) in [6.45, 7) is 0.665. The van der Waals surface area contributed by atoms with Gasteiger partial charge in [-0.1, -0.05) is 23.2 Å². The van der Waals surface area contributed by atoms with Crippen LogP contribution in [0.15, 0.2) is 42.5 Å². The molecular weight excluding hydrogens is 425 g/mol. The van der Waals surface area contributed by atoms with Crippen molar-refractivity contribution in [1.29, 1.82) is 0 Å². The Morgan fingerprint density at radius 1 is 0.967 bits per heavy atom. The van der Waals surface area contributed by atoms with Gasteiger partial charge in [-0.25, -0.2) is 4.90 Å². The van der Waals surface area contributed by atoms with Crippen molar-refractivity contribution in [2.45, 2.75) is 24.4 Å². The Morgan fingerprint density at radius 3 is 2.47 bits per heavy atom. The van der Waals surface area contributed by atoms with Crippen molar-refractivity contribution in [2.75, 3.05) is 16.8 Å². The predicted molar refractivity (Wildman–Crippen MR) is 112 cm³/mol. The summed E-state index contributed by atoms with van der Waals surface area (Å²) in [4.78, 5) is 44.1. The van der Waals surface area contributed by atoms with Gasteiger partial charge in [0.05, 0.1) is 17.5 Å². The number of anilines is 2. The Balaban J connectivity index is 1.56. The highest BCUT2D eigenvalue weighted by atomic mass is 35.5. The summed E-state index contributed by atoms with van der Waals surface area (Å²) in [5.41, 5.74) is 0.618. The van der Waals surface area contributed by atoms with E-state index in [9.17, 15) is 14.4 Å². The zero-order chi connectivity index (χ0) is 20.8. The first kappa shape index (κ1) is 18.4. The minimum absolute atomic E-state index is 0.153. The topological polar surface area (TPSA) is 69.7 Å². The van der Waals surface area contributed by atoms with Crippen LogP contribution in [0.2, 0.25) is 10.0 Å². The van der Waals surface area contributed by atoms with E-state index in [0.29, 0.717) is 33.5 Å². The molecule has 1 N–H and O–H groups in total. The van der Waals surface area contributed by atoms with Crippen molar-refractivity contribution in [1.82, 2.24) is 4.90 Å². The molecule has 3 fully saturated rings. The van der Waals surface area contributed by atoms with Gasteiger partial charge >= 0.3 is 0 Å². The Labute approximate surface area is 182 Å². The van der Waals surface area contributed by atoms with Crippen LogP contribution >= 0.6 is 23.2 Å². The molecule has 4 aliphatic heterocycles. The lowest BCUT2D eigenvalue weighted by molar-refractivity contribution is -0.135. The minimum atomic E-state index is -1.21. The highest BCUT2D eigenvalue weighted by molar-refractivity contribution is 6.32. The number of halogens is 2. The van der Waals surface area contributed by atoms with E-state index in [0.717, 1.165) is 12.8 Å². The highest BCUT2D eigenvalue weighted by Crippen LogP contribution is 2.60. The molecular formula is C22H17Cl2N3O3. The number of benzene rings is 2. The fourth-order valence-corrected chi connectivity index (χ4v) is 6.32. The van der Waals surface area contributed by atoms with Gasteiger partial charge in [0.25, 0.3) is 0 Å². The number of amides is 3. The normalized spacial score (nSPS) is 32.0. The van der Waals surface area contributed by atoms with Gasteiger partial charge < -0.3 is 5.32 Å². The van der Waals surface area contributed by atoms with Crippen LogP contribution in [-0.2, 0) is 19.9 Å². The number of hydrogen-bond donors (Lipinski definition) is 1. The van der Waals surface area contributed by atoms with Crippen LogP contribution in [-0.4, -0.2) is 35.2 Å². The lowest BCUT2D eigenvalue weighted by Crippen LogP contribution is -2.54. The summed E-state index contributed by atoms with van der Waals surface area (Å²) < 4.78 is 0. The number of rotatable bonds is 1. The van der Waals surface area contributed by atoms with Crippen LogP contribution in [0, 0.1) is 11.8 Å². The largest absolute Gasteiger partial charge is 0.324 e. The Hall–Kier alpha value is -2.41. The molecule has 0 saturated carbocycles. The molecule has 0 aromatic heterocycles.